The standard InChI is InChI=1S/C10H12BrNO2/c1-3-14-9-7(10(12)13)5-4-6(2)8(9)11/h4-5H,3H2,1-2H3,(H2,12,13). The van der Waals surface area contributed by atoms with Crippen LogP contribution in [0.5, 0.6) is 5.75 Å². The molecule has 1 aromatic carbocycles. The van der Waals surface area contributed by atoms with E-state index in [1.54, 1.807) is 6.07 Å². The van der Waals surface area contributed by atoms with E-state index in [0.29, 0.717) is 17.9 Å². The molecule has 1 amide bonds. The van der Waals surface area contributed by atoms with E-state index < -0.39 is 5.91 Å². The van der Waals surface area contributed by atoms with Gasteiger partial charge in [-0.25, -0.2) is 0 Å². The molecular weight excluding hydrogens is 246 g/mol. The first-order valence-electron chi connectivity index (χ1n) is 4.29. The molecule has 0 fully saturated rings. The molecule has 2 N–H and O–H groups in total. The molecule has 4 heteroatoms. The summed E-state index contributed by atoms with van der Waals surface area (Å²) in [6.07, 6.45) is 0. The molecule has 0 bridgehead atoms. The smallest absolute Gasteiger partial charge is 0.252 e. The van der Waals surface area contributed by atoms with Crippen LogP contribution in [0.25, 0.3) is 0 Å². The normalized spacial score (nSPS) is 9.93. The highest BCUT2D eigenvalue weighted by Gasteiger charge is 2.13. The molecule has 0 saturated carbocycles. The van der Waals surface area contributed by atoms with Crippen molar-refractivity contribution in [1.29, 1.82) is 0 Å². The molecule has 1 rings (SSSR count). The number of nitrogens with two attached hydrogens (primary N) is 1. The first-order valence-corrected chi connectivity index (χ1v) is 5.09. The van der Waals surface area contributed by atoms with Gasteiger partial charge in [0, 0.05) is 0 Å². The second kappa shape index (κ2) is 4.46. The summed E-state index contributed by atoms with van der Waals surface area (Å²) in [5.74, 6) is 0.0501. The van der Waals surface area contributed by atoms with Crippen LogP contribution in [0, 0.1) is 6.92 Å². The summed E-state index contributed by atoms with van der Waals surface area (Å²) in [6, 6.07) is 3.50. The number of amides is 1. The van der Waals surface area contributed by atoms with Gasteiger partial charge in [-0.1, -0.05) is 6.07 Å². The lowest BCUT2D eigenvalue weighted by molar-refractivity contribution is 0.0996. The van der Waals surface area contributed by atoms with Crippen molar-refractivity contribution in [1.82, 2.24) is 0 Å². The summed E-state index contributed by atoms with van der Waals surface area (Å²) in [7, 11) is 0. The highest BCUT2D eigenvalue weighted by atomic mass is 79.9. The van der Waals surface area contributed by atoms with Crippen LogP contribution in [0.1, 0.15) is 22.8 Å². The van der Waals surface area contributed by atoms with Crippen LogP contribution in [0.2, 0.25) is 0 Å². The fourth-order valence-electron chi connectivity index (χ4n) is 1.13. The molecule has 0 aliphatic heterocycles. The van der Waals surface area contributed by atoms with Gasteiger partial charge >= 0.3 is 0 Å². The maximum absolute atomic E-state index is 11.1. The van der Waals surface area contributed by atoms with Crippen molar-refractivity contribution in [2.24, 2.45) is 5.73 Å². The second-order valence-corrected chi connectivity index (χ2v) is 3.66. The fourth-order valence-corrected chi connectivity index (χ4v) is 1.59. The van der Waals surface area contributed by atoms with E-state index in [-0.39, 0.29) is 0 Å². The van der Waals surface area contributed by atoms with Crippen molar-refractivity contribution in [2.45, 2.75) is 13.8 Å². The number of carbonyl (C=O) groups excluding carboxylic acids is 1. The Morgan fingerprint density at radius 3 is 2.71 bits per heavy atom. The largest absolute Gasteiger partial charge is 0.492 e. The molecule has 0 aliphatic carbocycles. The summed E-state index contributed by atoms with van der Waals surface area (Å²) in [5, 5.41) is 0. The van der Waals surface area contributed by atoms with Gasteiger partial charge in [-0.3, -0.25) is 4.79 Å². The number of hydrogen-bond acceptors (Lipinski definition) is 2. The Morgan fingerprint density at radius 2 is 2.21 bits per heavy atom. The Kier molecular flexibility index (Phi) is 3.52. The van der Waals surface area contributed by atoms with E-state index in [4.69, 9.17) is 10.5 Å². The first-order chi connectivity index (χ1) is 6.57. The van der Waals surface area contributed by atoms with Crippen molar-refractivity contribution < 1.29 is 9.53 Å². The van der Waals surface area contributed by atoms with Gasteiger partial charge in [0.2, 0.25) is 0 Å². The minimum absolute atomic E-state index is 0.407. The molecule has 0 unspecified atom stereocenters. The van der Waals surface area contributed by atoms with Gasteiger partial charge in [-0.2, -0.15) is 0 Å². The van der Waals surface area contributed by atoms with Gasteiger partial charge in [0.05, 0.1) is 16.6 Å². The molecule has 3 nitrogen and oxygen atoms in total. The summed E-state index contributed by atoms with van der Waals surface area (Å²) >= 11 is 3.37. The summed E-state index contributed by atoms with van der Waals surface area (Å²) < 4.78 is 6.15. The van der Waals surface area contributed by atoms with Crippen LogP contribution in [-0.4, -0.2) is 12.5 Å². The number of halogens is 1. The van der Waals surface area contributed by atoms with Crippen molar-refractivity contribution in [3.05, 3.63) is 27.7 Å². The fraction of sp³-hybridized carbons (Fsp3) is 0.300. The van der Waals surface area contributed by atoms with Crippen LogP contribution in [0.4, 0.5) is 0 Å². The van der Waals surface area contributed by atoms with Crippen LogP contribution in [0.15, 0.2) is 16.6 Å². The molecule has 76 valence electrons. The average Bonchev–Trinajstić information content (AvgIpc) is 2.13. The lowest BCUT2D eigenvalue weighted by atomic mass is 10.1. The topological polar surface area (TPSA) is 52.3 Å². The van der Waals surface area contributed by atoms with Crippen molar-refractivity contribution in [3.63, 3.8) is 0 Å². The SMILES string of the molecule is CCOc1c(C(N)=O)ccc(C)c1Br. The van der Waals surface area contributed by atoms with E-state index in [1.165, 1.54) is 0 Å². The monoisotopic (exact) mass is 257 g/mol. The van der Waals surface area contributed by atoms with Gasteiger partial charge in [-0.15, -0.1) is 0 Å². The summed E-state index contributed by atoms with van der Waals surface area (Å²) in [4.78, 5) is 11.1. The predicted molar refractivity (Wildman–Crippen MR) is 58.6 cm³/mol. The Hall–Kier alpha value is -1.03. The predicted octanol–water partition coefficient (Wildman–Crippen LogP) is 2.26. The molecule has 0 heterocycles. The van der Waals surface area contributed by atoms with Gasteiger partial charge < -0.3 is 10.5 Å². The third-order valence-corrected chi connectivity index (χ3v) is 2.83. The van der Waals surface area contributed by atoms with E-state index >= 15 is 0 Å². The maximum Gasteiger partial charge on any atom is 0.252 e. The number of ether oxygens (including phenoxy) is 1. The van der Waals surface area contributed by atoms with Gasteiger partial charge in [0.15, 0.2) is 0 Å². The van der Waals surface area contributed by atoms with Gasteiger partial charge in [0.1, 0.15) is 5.75 Å². The van der Waals surface area contributed by atoms with Crippen molar-refractivity contribution >= 4 is 21.8 Å². The summed E-state index contributed by atoms with van der Waals surface area (Å²) in [6.45, 7) is 4.29. The van der Waals surface area contributed by atoms with Crippen LogP contribution < -0.4 is 10.5 Å². The molecule has 0 aliphatic rings. The Balaban J connectivity index is 3.29. The van der Waals surface area contributed by atoms with E-state index in [9.17, 15) is 4.79 Å². The molecule has 0 saturated heterocycles. The molecule has 14 heavy (non-hydrogen) atoms. The van der Waals surface area contributed by atoms with Crippen LogP contribution >= 0.6 is 15.9 Å². The quantitative estimate of drug-likeness (QED) is 0.903. The number of aryl methyl sites for hydroxylation is 1. The van der Waals surface area contributed by atoms with Crippen molar-refractivity contribution in [3.8, 4) is 5.75 Å². The first kappa shape index (κ1) is 11.0. The minimum Gasteiger partial charge on any atom is -0.492 e. The Labute approximate surface area is 91.4 Å². The lowest BCUT2D eigenvalue weighted by Gasteiger charge is -2.11. The van der Waals surface area contributed by atoms with E-state index in [0.717, 1.165) is 10.0 Å². The minimum atomic E-state index is -0.478. The zero-order valence-electron chi connectivity index (χ0n) is 8.13. The third-order valence-electron chi connectivity index (χ3n) is 1.84. The second-order valence-electron chi connectivity index (χ2n) is 2.87. The number of benzene rings is 1. The van der Waals surface area contributed by atoms with E-state index in [1.807, 2.05) is 19.9 Å². The van der Waals surface area contributed by atoms with Gasteiger partial charge in [0.25, 0.3) is 5.91 Å². The molecule has 0 atom stereocenters. The van der Waals surface area contributed by atoms with Crippen LogP contribution in [0.3, 0.4) is 0 Å². The van der Waals surface area contributed by atoms with Gasteiger partial charge in [-0.05, 0) is 41.4 Å². The molecular formula is C10H12BrNO2. The molecule has 0 spiro atoms. The average molecular weight is 258 g/mol. The lowest BCUT2D eigenvalue weighted by Crippen LogP contribution is -2.13. The number of primary amides is 1. The number of hydrogen-bond donors (Lipinski definition) is 1. The van der Waals surface area contributed by atoms with E-state index in [2.05, 4.69) is 15.9 Å². The number of carbonyl (C=O) groups is 1. The Morgan fingerprint density at radius 1 is 1.57 bits per heavy atom. The molecule has 1 aromatic rings. The number of rotatable bonds is 3. The summed E-state index contributed by atoms with van der Waals surface area (Å²) in [5.41, 5.74) is 6.64. The van der Waals surface area contributed by atoms with Crippen LogP contribution in [-0.2, 0) is 0 Å². The highest BCUT2D eigenvalue weighted by molar-refractivity contribution is 9.10. The zero-order valence-corrected chi connectivity index (χ0v) is 9.72. The molecule has 0 radical (unpaired) electrons. The molecule has 0 aromatic heterocycles. The Bertz CT molecular complexity index is 363. The van der Waals surface area contributed by atoms with Crippen molar-refractivity contribution in [2.75, 3.05) is 6.61 Å². The third kappa shape index (κ3) is 2.07. The zero-order chi connectivity index (χ0) is 10.7. The maximum atomic E-state index is 11.1. The highest BCUT2D eigenvalue weighted by Crippen LogP contribution is 2.31.